The summed E-state index contributed by atoms with van der Waals surface area (Å²) in [7, 11) is -1.59. The summed E-state index contributed by atoms with van der Waals surface area (Å²) in [5.41, 5.74) is 2.80. The van der Waals surface area contributed by atoms with Crippen LogP contribution in [0.5, 0.6) is 17.2 Å². The zero-order chi connectivity index (χ0) is 25.6. The average Bonchev–Trinajstić information content (AvgIpc) is 2.85. The SMILES string of the molecule is COc1ccc(C(=O)NN=Cc2cc(Br)c(OS(=O)(=O)c3cccc([N+](=O)[O-])c3)c(OC)c2)cc1. The molecule has 0 fully saturated rings. The fourth-order valence-corrected chi connectivity index (χ4v) is 4.42. The standard InChI is InChI=1S/C22H18BrN3O8S/c1-32-17-8-6-15(7-9-17)22(27)25-24-13-14-10-19(23)21(20(11-14)33-2)34-35(30,31)18-5-3-4-16(12-18)26(28)29/h3-13H,1-2H3,(H,25,27). The number of halogens is 1. The molecule has 0 unspecified atom stereocenters. The number of non-ortho nitro benzene ring substituents is 1. The van der Waals surface area contributed by atoms with Crippen molar-refractivity contribution in [1.29, 1.82) is 0 Å². The first kappa shape index (κ1) is 25.6. The zero-order valence-corrected chi connectivity index (χ0v) is 20.7. The summed E-state index contributed by atoms with van der Waals surface area (Å²) in [5.74, 6) is 0.0319. The van der Waals surface area contributed by atoms with Crippen LogP contribution in [-0.2, 0) is 10.1 Å². The second-order valence-corrected chi connectivity index (χ2v) is 9.15. The van der Waals surface area contributed by atoms with Crippen molar-refractivity contribution in [3.8, 4) is 17.2 Å². The highest BCUT2D eigenvalue weighted by molar-refractivity contribution is 9.10. The van der Waals surface area contributed by atoms with Gasteiger partial charge in [0.15, 0.2) is 11.5 Å². The Morgan fingerprint density at radius 1 is 1.09 bits per heavy atom. The Kier molecular flexibility index (Phi) is 8.04. The van der Waals surface area contributed by atoms with Crippen molar-refractivity contribution in [2.75, 3.05) is 14.2 Å². The molecule has 182 valence electrons. The molecule has 0 aromatic heterocycles. The van der Waals surface area contributed by atoms with Gasteiger partial charge in [-0.15, -0.1) is 0 Å². The number of hydrazone groups is 1. The molecule has 13 heteroatoms. The zero-order valence-electron chi connectivity index (χ0n) is 18.3. The Hall–Kier alpha value is -3.97. The minimum atomic E-state index is -4.42. The van der Waals surface area contributed by atoms with E-state index in [1.54, 1.807) is 24.3 Å². The number of carbonyl (C=O) groups is 1. The van der Waals surface area contributed by atoms with Gasteiger partial charge in [-0.25, -0.2) is 5.43 Å². The van der Waals surface area contributed by atoms with Gasteiger partial charge in [-0.3, -0.25) is 14.9 Å². The molecule has 0 saturated carbocycles. The molecule has 0 aliphatic carbocycles. The predicted octanol–water partition coefficient (Wildman–Crippen LogP) is 3.91. The summed E-state index contributed by atoms with van der Waals surface area (Å²) >= 11 is 3.23. The third kappa shape index (κ3) is 6.33. The second kappa shape index (κ2) is 11.0. The number of benzene rings is 3. The molecule has 1 amide bonds. The van der Waals surface area contributed by atoms with Gasteiger partial charge in [0, 0.05) is 17.7 Å². The number of nitrogens with zero attached hydrogens (tertiary/aromatic N) is 2. The van der Waals surface area contributed by atoms with Gasteiger partial charge in [-0.2, -0.15) is 13.5 Å². The first-order chi connectivity index (χ1) is 16.6. The second-order valence-electron chi connectivity index (χ2n) is 6.75. The largest absolute Gasteiger partial charge is 0.497 e. The lowest BCUT2D eigenvalue weighted by Crippen LogP contribution is -2.17. The summed E-state index contributed by atoms with van der Waals surface area (Å²) in [6, 6.07) is 13.8. The average molecular weight is 564 g/mol. The monoisotopic (exact) mass is 563 g/mol. The number of carbonyl (C=O) groups excluding carboxylic acids is 1. The maximum atomic E-state index is 12.7. The van der Waals surface area contributed by atoms with E-state index in [0.29, 0.717) is 16.9 Å². The Balaban J connectivity index is 1.79. The first-order valence-electron chi connectivity index (χ1n) is 9.68. The highest BCUT2D eigenvalue weighted by Gasteiger charge is 2.24. The van der Waals surface area contributed by atoms with E-state index in [0.717, 1.165) is 12.1 Å². The molecule has 0 saturated heterocycles. The van der Waals surface area contributed by atoms with Crippen LogP contribution in [0.4, 0.5) is 5.69 Å². The van der Waals surface area contributed by atoms with Crippen LogP contribution in [0.2, 0.25) is 0 Å². The highest BCUT2D eigenvalue weighted by Crippen LogP contribution is 2.38. The van der Waals surface area contributed by atoms with Crippen LogP contribution in [0.15, 0.2) is 75.1 Å². The van der Waals surface area contributed by atoms with Crippen LogP contribution >= 0.6 is 15.9 Å². The normalized spacial score (nSPS) is 11.2. The number of nitro groups is 1. The Labute approximate surface area is 208 Å². The van der Waals surface area contributed by atoms with E-state index < -0.39 is 31.5 Å². The van der Waals surface area contributed by atoms with Crippen molar-refractivity contribution >= 4 is 43.9 Å². The van der Waals surface area contributed by atoms with Crippen molar-refractivity contribution in [1.82, 2.24) is 5.43 Å². The van der Waals surface area contributed by atoms with Crippen LogP contribution in [-0.4, -0.2) is 39.7 Å². The molecular weight excluding hydrogens is 546 g/mol. The van der Waals surface area contributed by atoms with E-state index >= 15 is 0 Å². The lowest BCUT2D eigenvalue weighted by molar-refractivity contribution is -0.385. The van der Waals surface area contributed by atoms with Gasteiger partial charge >= 0.3 is 10.1 Å². The highest BCUT2D eigenvalue weighted by atomic mass is 79.9. The van der Waals surface area contributed by atoms with Gasteiger partial charge in [-0.05, 0) is 64.0 Å². The summed E-state index contributed by atoms with van der Waals surface area (Å²) in [5, 5.41) is 14.9. The molecule has 3 aromatic carbocycles. The molecule has 1 N–H and O–H groups in total. The Morgan fingerprint density at radius 3 is 2.43 bits per heavy atom. The van der Waals surface area contributed by atoms with Crippen molar-refractivity contribution in [2.24, 2.45) is 5.10 Å². The van der Waals surface area contributed by atoms with Crippen molar-refractivity contribution in [3.05, 3.63) is 86.4 Å². The quantitative estimate of drug-likeness (QED) is 0.178. The maximum Gasteiger partial charge on any atom is 0.339 e. The summed E-state index contributed by atoms with van der Waals surface area (Å²) in [6.45, 7) is 0. The number of nitrogens with one attached hydrogen (secondary N) is 1. The van der Waals surface area contributed by atoms with Crippen molar-refractivity contribution < 1.29 is 31.8 Å². The molecule has 0 aliphatic rings. The maximum absolute atomic E-state index is 12.7. The third-order valence-electron chi connectivity index (χ3n) is 4.49. The van der Waals surface area contributed by atoms with E-state index in [-0.39, 0.29) is 16.0 Å². The van der Waals surface area contributed by atoms with Crippen LogP contribution in [0.3, 0.4) is 0 Å². The molecule has 11 nitrogen and oxygen atoms in total. The van der Waals surface area contributed by atoms with Crippen LogP contribution < -0.4 is 19.1 Å². The van der Waals surface area contributed by atoms with E-state index in [1.807, 2.05) is 0 Å². The van der Waals surface area contributed by atoms with Gasteiger partial charge in [-0.1, -0.05) is 6.07 Å². The van der Waals surface area contributed by atoms with Crippen LogP contribution in [0.1, 0.15) is 15.9 Å². The number of rotatable bonds is 9. The topological polar surface area (TPSA) is 146 Å². The number of methoxy groups -OCH3 is 2. The summed E-state index contributed by atoms with van der Waals surface area (Å²) in [6.07, 6.45) is 1.33. The Bertz CT molecular complexity index is 1390. The number of hydrogen-bond acceptors (Lipinski definition) is 9. The molecular formula is C22H18BrN3O8S. The molecule has 3 aromatic rings. The number of hydrogen-bond donors (Lipinski definition) is 1. The van der Waals surface area contributed by atoms with E-state index in [9.17, 15) is 23.3 Å². The van der Waals surface area contributed by atoms with Crippen LogP contribution in [0, 0.1) is 10.1 Å². The number of amides is 1. The predicted molar refractivity (Wildman–Crippen MR) is 130 cm³/mol. The Morgan fingerprint density at radius 2 is 1.80 bits per heavy atom. The molecule has 0 radical (unpaired) electrons. The van der Waals surface area contributed by atoms with Gasteiger partial charge in [0.05, 0.1) is 29.8 Å². The van der Waals surface area contributed by atoms with Crippen LogP contribution in [0.25, 0.3) is 0 Å². The van der Waals surface area contributed by atoms with E-state index in [4.69, 9.17) is 13.7 Å². The first-order valence-corrected chi connectivity index (χ1v) is 11.9. The lowest BCUT2D eigenvalue weighted by Gasteiger charge is -2.13. The molecule has 0 bridgehead atoms. The summed E-state index contributed by atoms with van der Waals surface area (Å²) in [4.78, 5) is 22.1. The minimum Gasteiger partial charge on any atom is -0.497 e. The lowest BCUT2D eigenvalue weighted by atomic mass is 10.2. The minimum absolute atomic E-state index is 0.0383. The molecule has 0 aliphatic heterocycles. The molecule has 3 rings (SSSR count). The van der Waals surface area contributed by atoms with Gasteiger partial charge in [0.1, 0.15) is 10.6 Å². The fraction of sp³-hybridized carbons (Fsp3) is 0.0909. The van der Waals surface area contributed by atoms with E-state index in [2.05, 4.69) is 26.5 Å². The number of nitro benzene ring substituents is 1. The fourth-order valence-electron chi connectivity index (χ4n) is 2.78. The molecule has 0 spiro atoms. The smallest absolute Gasteiger partial charge is 0.339 e. The number of ether oxygens (including phenoxy) is 2. The van der Waals surface area contributed by atoms with Gasteiger partial charge in [0.25, 0.3) is 11.6 Å². The van der Waals surface area contributed by atoms with Crippen molar-refractivity contribution in [3.63, 3.8) is 0 Å². The molecule has 35 heavy (non-hydrogen) atoms. The molecule has 0 atom stereocenters. The summed E-state index contributed by atoms with van der Waals surface area (Å²) < 4.78 is 41.1. The van der Waals surface area contributed by atoms with E-state index in [1.165, 1.54) is 44.7 Å². The molecule has 0 heterocycles. The van der Waals surface area contributed by atoms with Gasteiger partial charge < -0.3 is 13.7 Å². The van der Waals surface area contributed by atoms with Crippen molar-refractivity contribution in [2.45, 2.75) is 4.90 Å². The third-order valence-corrected chi connectivity index (χ3v) is 6.30. The van der Waals surface area contributed by atoms with Gasteiger partial charge in [0.2, 0.25) is 0 Å².